The lowest BCUT2D eigenvalue weighted by Gasteiger charge is -2.07. The molecule has 100 valence electrons. The number of rotatable bonds is 0. The van der Waals surface area contributed by atoms with Gasteiger partial charge in [0.05, 0.1) is 22.0 Å². The largest absolute Gasteiger partial charge is 0.357 e. The third kappa shape index (κ3) is 2.06. The third-order valence-corrected chi connectivity index (χ3v) is 4.91. The van der Waals surface area contributed by atoms with Gasteiger partial charge in [0.1, 0.15) is 0 Å². The molecule has 1 atom stereocenters. The average Bonchev–Trinajstić information content (AvgIpc) is 2.67. The van der Waals surface area contributed by atoms with Crippen molar-refractivity contribution in [3.8, 4) is 0 Å². The van der Waals surface area contributed by atoms with Crippen molar-refractivity contribution in [2.24, 2.45) is 0 Å². The van der Waals surface area contributed by atoms with Gasteiger partial charge in [-0.05, 0) is 11.6 Å². The standard InChI is InChI=1S/C13H11BrCl2N2O/c1-5-4-17-9(19)2-6-10-7(14)3-8(15)11(16)13(10)18-12(5)6/h3,5,18H,2,4H2,1H3,(H,17,19). The summed E-state index contributed by atoms with van der Waals surface area (Å²) >= 11 is 15.9. The summed E-state index contributed by atoms with van der Waals surface area (Å²) in [6, 6.07) is 1.77. The Bertz CT molecular complexity index is 696. The molecule has 3 nitrogen and oxygen atoms in total. The summed E-state index contributed by atoms with van der Waals surface area (Å²) in [5, 5.41) is 4.85. The second kappa shape index (κ2) is 4.69. The molecule has 0 aliphatic carbocycles. The maximum absolute atomic E-state index is 11.8. The molecule has 1 aromatic heterocycles. The van der Waals surface area contributed by atoms with E-state index in [1.54, 1.807) is 6.07 Å². The minimum absolute atomic E-state index is 0.0319. The minimum atomic E-state index is 0.0319. The summed E-state index contributed by atoms with van der Waals surface area (Å²) in [5.74, 6) is 0.250. The predicted octanol–water partition coefficient (Wildman–Crippen LogP) is 4.01. The summed E-state index contributed by atoms with van der Waals surface area (Å²) in [6.45, 7) is 2.70. The van der Waals surface area contributed by atoms with Crippen LogP contribution in [0.4, 0.5) is 0 Å². The number of hydrogen-bond acceptors (Lipinski definition) is 1. The SMILES string of the molecule is CC1CNC(=O)Cc2c1[nH]c1c(Cl)c(Cl)cc(Br)c21. The van der Waals surface area contributed by atoms with Crippen LogP contribution in [0.5, 0.6) is 0 Å². The Morgan fingerprint density at radius 2 is 2.16 bits per heavy atom. The molecule has 1 aromatic carbocycles. The maximum atomic E-state index is 11.8. The topological polar surface area (TPSA) is 44.9 Å². The maximum Gasteiger partial charge on any atom is 0.224 e. The van der Waals surface area contributed by atoms with E-state index in [4.69, 9.17) is 23.2 Å². The van der Waals surface area contributed by atoms with Crippen LogP contribution in [0, 0.1) is 0 Å². The van der Waals surface area contributed by atoms with Crippen molar-refractivity contribution in [2.75, 3.05) is 6.54 Å². The Morgan fingerprint density at radius 1 is 1.42 bits per heavy atom. The van der Waals surface area contributed by atoms with Gasteiger partial charge in [-0.2, -0.15) is 0 Å². The van der Waals surface area contributed by atoms with Crippen molar-refractivity contribution in [3.63, 3.8) is 0 Å². The molecular weight excluding hydrogens is 351 g/mol. The van der Waals surface area contributed by atoms with E-state index >= 15 is 0 Å². The predicted molar refractivity (Wildman–Crippen MR) is 81.1 cm³/mol. The first-order chi connectivity index (χ1) is 8.99. The van der Waals surface area contributed by atoms with E-state index in [0.717, 1.165) is 26.6 Å². The van der Waals surface area contributed by atoms with Gasteiger partial charge >= 0.3 is 0 Å². The molecule has 0 radical (unpaired) electrons. The quantitative estimate of drug-likeness (QED) is 0.684. The van der Waals surface area contributed by atoms with Crippen LogP contribution in [0.3, 0.4) is 0 Å². The van der Waals surface area contributed by atoms with Gasteiger partial charge in [0.2, 0.25) is 5.91 Å². The lowest BCUT2D eigenvalue weighted by atomic mass is 10.0. The van der Waals surface area contributed by atoms with Crippen LogP contribution in [0.25, 0.3) is 10.9 Å². The number of aromatic nitrogens is 1. The Morgan fingerprint density at radius 3 is 2.89 bits per heavy atom. The Hall–Kier alpha value is -0.710. The first-order valence-corrected chi connectivity index (χ1v) is 7.48. The molecule has 0 spiro atoms. The Labute approximate surface area is 128 Å². The second-order valence-electron chi connectivity index (χ2n) is 4.80. The highest BCUT2D eigenvalue weighted by Gasteiger charge is 2.25. The van der Waals surface area contributed by atoms with E-state index in [9.17, 15) is 4.79 Å². The molecular formula is C13H11BrCl2N2O. The van der Waals surface area contributed by atoms with Gasteiger partial charge in [-0.1, -0.05) is 46.1 Å². The van der Waals surface area contributed by atoms with Crippen molar-refractivity contribution < 1.29 is 4.79 Å². The summed E-state index contributed by atoms with van der Waals surface area (Å²) < 4.78 is 0.858. The zero-order valence-electron chi connectivity index (χ0n) is 10.1. The second-order valence-corrected chi connectivity index (χ2v) is 6.44. The number of amides is 1. The molecule has 2 N–H and O–H groups in total. The van der Waals surface area contributed by atoms with E-state index in [0.29, 0.717) is 23.0 Å². The molecule has 2 heterocycles. The molecule has 1 amide bonds. The number of halogens is 3. The van der Waals surface area contributed by atoms with Gasteiger partial charge in [0.15, 0.2) is 0 Å². The third-order valence-electron chi connectivity index (χ3n) is 3.49. The fourth-order valence-corrected chi connectivity index (χ4v) is 3.75. The first-order valence-electron chi connectivity index (χ1n) is 5.93. The lowest BCUT2D eigenvalue weighted by Crippen LogP contribution is -2.25. The fraction of sp³-hybridized carbons (Fsp3) is 0.308. The molecule has 0 saturated carbocycles. The van der Waals surface area contributed by atoms with Gasteiger partial charge in [0.25, 0.3) is 0 Å². The monoisotopic (exact) mass is 360 g/mol. The first kappa shape index (κ1) is 13.3. The van der Waals surface area contributed by atoms with Gasteiger partial charge in [-0.15, -0.1) is 0 Å². The molecule has 0 saturated heterocycles. The molecule has 0 fully saturated rings. The van der Waals surface area contributed by atoms with Crippen molar-refractivity contribution in [2.45, 2.75) is 19.3 Å². The van der Waals surface area contributed by atoms with Gasteiger partial charge in [0, 0.05) is 28.0 Å². The number of fused-ring (bicyclic) bond motifs is 3. The lowest BCUT2D eigenvalue weighted by molar-refractivity contribution is -0.120. The zero-order valence-corrected chi connectivity index (χ0v) is 13.2. The molecule has 2 aromatic rings. The van der Waals surface area contributed by atoms with Crippen molar-refractivity contribution in [1.82, 2.24) is 10.3 Å². The normalized spacial score (nSPS) is 19.2. The van der Waals surface area contributed by atoms with Crippen molar-refractivity contribution in [3.05, 3.63) is 31.8 Å². The molecule has 3 rings (SSSR count). The average molecular weight is 362 g/mol. The van der Waals surface area contributed by atoms with Crippen molar-refractivity contribution >= 4 is 55.9 Å². The van der Waals surface area contributed by atoms with E-state index in [1.165, 1.54) is 0 Å². The number of H-pyrrole nitrogens is 1. The highest BCUT2D eigenvalue weighted by molar-refractivity contribution is 9.10. The van der Waals surface area contributed by atoms with Crippen LogP contribution < -0.4 is 5.32 Å². The van der Waals surface area contributed by atoms with E-state index in [-0.39, 0.29) is 11.8 Å². The molecule has 1 aliphatic heterocycles. The number of carbonyl (C=O) groups is 1. The summed E-state index contributed by atoms with van der Waals surface area (Å²) in [7, 11) is 0. The van der Waals surface area contributed by atoms with Crippen LogP contribution in [0.2, 0.25) is 10.0 Å². The number of carbonyl (C=O) groups excluding carboxylic acids is 1. The van der Waals surface area contributed by atoms with Crippen LogP contribution in [-0.4, -0.2) is 17.4 Å². The smallest absolute Gasteiger partial charge is 0.224 e. The fourth-order valence-electron chi connectivity index (χ4n) is 2.55. The zero-order chi connectivity index (χ0) is 13.7. The highest BCUT2D eigenvalue weighted by atomic mass is 79.9. The summed E-state index contributed by atoms with van der Waals surface area (Å²) in [4.78, 5) is 15.1. The summed E-state index contributed by atoms with van der Waals surface area (Å²) in [5.41, 5.74) is 2.86. The van der Waals surface area contributed by atoms with Crippen LogP contribution in [0.15, 0.2) is 10.5 Å². The van der Waals surface area contributed by atoms with Crippen LogP contribution >= 0.6 is 39.1 Å². The minimum Gasteiger partial charge on any atom is -0.357 e. The molecule has 1 aliphatic rings. The van der Waals surface area contributed by atoms with Crippen LogP contribution in [-0.2, 0) is 11.2 Å². The van der Waals surface area contributed by atoms with E-state index in [1.807, 2.05) is 0 Å². The molecule has 0 bridgehead atoms. The van der Waals surface area contributed by atoms with Crippen LogP contribution in [0.1, 0.15) is 24.1 Å². The van der Waals surface area contributed by atoms with Gasteiger partial charge in [-0.25, -0.2) is 0 Å². The van der Waals surface area contributed by atoms with Gasteiger partial charge in [-0.3, -0.25) is 4.79 Å². The Balaban J connectivity index is 2.38. The highest BCUT2D eigenvalue weighted by Crippen LogP contribution is 2.40. The molecule has 6 heteroatoms. The summed E-state index contributed by atoms with van der Waals surface area (Å²) in [6.07, 6.45) is 0.357. The van der Waals surface area contributed by atoms with Crippen molar-refractivity contribution in [1.29, 1.82) is 0 Å². The molecule has 19 heavy (non-hydrogen) atoms. The molecule has 1 unspecified atom stereocenters. The van der Waals surface area contributed by atoms with E-state index < -0.39 is 0 Å². The number of hydrogen-bond donors (Lipinski definition) is 2. The Kier molecular flexibility index (Phi) is 3.28. The van der Waals surface area contributed by atoms with E-state index in [2.05, 4.69) is 33.2 Å². The van der Waals surface area contributed by atoms with Gasteiger partial charge < -0.3 is 10.3 Å². The number of aromatic amines is 1. The number of benzene rings is 1. The number of nitrogens with one attached hydrogen (secondary N) is 2.